The number of ether oxygens (including phenoxy) is 3. The van der Waals surface area contributed by atoms with Crippen LogP contribution in [0.3, 0.4) is 0 Å². The zero-order valence-corrected chi connectivity index (χ0v) is 18.6. The number of rotatable bonds is 2. The van der Waals surface area contributed by atoms with Crippen LogP contribution in [0.25, 0.3) is 0 Å². The van der Waals surface area contributed by atoms with Crippen molar-refractivity contribution >= 4 is 5.97 Å². The monoisotopic (exact) mass is 438 g/mol. The first-order valence-corrected chi connectivity index (χ1v) is 11.2. The summed E-state index contributed by atoms with van der Waals surface area (Å²) in [5, 5.41) is 46.7. The van der Waals surface area contributed by atoms with E-state index in [1.54, 1.807) is 0 Å². The maximum atomic E-state index is 12.1. The van der Waals surface area contributed by atoms with Crippen LogP contribution in [-0.4, -0.2) is 70.0 Å². The van der Waals surface area contributed by atoms with Gasteiger partial charge in [-0.25, -0.2) is 0 Å². The van der Waals surface area contributed by atoms with Crippen LogP contribution in [0.4, 0.5) is 0 Å². The number of hydrogen-bond acceptors (Lipinski definition) is 8. The molecule has 2 heterocycles. The summed E-state index contributed by atoms with van der Waals surface area (Å²) in [5.74, 6) is -4.48. The van der Waals surface area contributed by atoms with E-state index < -0.39 is 71.0 Å². The van der Waals surface area contributed by atoms with Crippen LogP contribution in [0.1, 0.15) is 46.5 Å². The van der Waals surface area contributed by atoms with Gasteiger partial charge in [-0.05, 0) is 30.3 Å². The Morgan fingerprint density at radius 2 is 1.84 bits per heavy atom. The van der Waals surface area contributed by atoms with Crippen molar-refractivity contribution in [3.63, 3.8) is 0 Å². The first-order valence-electron chi connectivity index (χ1n) is 11.2. The summed E-state index contributed by atoms with van der Waals surface area (Å²) >= 11 is 0. The molecule has 0 aromatic rings. The second-order valence-electron chi connectivity index (χ2n) is 11.1. The summed E-state index contributed by atoms with van der Waals surface area (Å²) in [7, 11) is 1.49. The van der Waals surface area contributed by atoms with E-state index in [2.05, 4.69) is 20.4 Å². The van der Waals surface area contributed by atoms with Gasteiger partial charge in [-0.15, -0.1) is 0 Å². The summed E-state index contributed by atoms with van der Waals surface area (Å²) in [6, 6.07) is 0. The molecule has 2 spiro atoms. The molecule has 2 saturated heterocycles. The highest BCUT2D eigenvalue weighted by Crippen LogP contribution is 2.79. The van der Waals surface area contributed by atoms with Crippen molar-refractivity contribution in [1.82, 2.24) is 0 Å². The average Bonchev–Trinajstić information content (AvgIpc) is 2.79. The molecule has 8 nitrogen and oxygen atoms in total. The number of fused-ring (bicyclic) bond motifs is 2. The van der Waals surface area contributed by atoms with E-state index in [0.29, 0.717) is 18.4 Å². The number of aliphatic hydroxyl groups is 4. The fraction of sp³-hybridized carbons (Fsp3) is 0.870. The zero-order chi connectivity index (χ0) is 22.7. The van der Waals surface area contributed by atoms with Gasteiger partial charge < -0.3 is 34.6 Å². The third kappa shape index (κ3) is 2.15. The van der Waals surface area contributed by atoms with E-state index >= 15 is 0 Å². The molecule has 6 rings (SSSR count). The summed E-state index contributed by atoms with van der Waals surface area (Å²) in [5.41, 5.74) is -2.55. The summed E-state index contributed by atoms with van der Waals surface area (Å²) in [6.45, 7) is 9.45. The highest BCUT2D eigenvalue weighted by molar-refractivity contribution is 5.66. The van der Waals surface area contributed by atoms with Crippen LogP contribution in [-0.2, 0) is 19.0 Å². The second-order valence-corrected chi connectivity index (χ2v) is 11.1. The standard InChI is InChI=1S/C23H34O8/c1-10-12-9-13(30-11(2)24)14-21-8-6-7-20(3,4)15(21)18(27)23(28,31-19(21)29-5)22(14,16(10)25)17(12)26/h12-19,25-28H,1,6-9H2,2-5H3/t12-,13-,14-,15+,16+,17+,18-,19-,21+,22-,23+/m0/s1. The minimum absolute atomic E-state index is 0.292. The van der Waals surface area contributed by atoms with Gasteiger partial charge in [-0.2, -0.15) is 0 Å². The third-order valence-electron chi connectivity index (χ3n) is 9.55. The van der Waals surface area contributed by atoms with Gasteiger partial charge in [-0.1, -0.05) is 26.8 Å². The molecule has 0 aromatic carbocycles. The van der Waals surface area contributed by atoms with E-state index in [4.69, 9.17) is 14.2 Å². The first-order chi connectivity index (χ1) is 14.4. The van der Waals surface area contributed by atoms with Gasteiger partial charge in [0.2, 0.25) is 5.79 Å². The number of methoxy groups -OCH3 is 1. The molecule has 4 aliphatic carbocycles. The largest absolute Gasteiger partial charge is 0.462 e. The highest BCUT2D eigenvalue weighted by atomic mass is 16.8. The van der Waals surface area contributed by atoms with Gasteiger partial charge in [0.1, 0.15) is 12.2 Å². The molecule has 0 radical (unpaired) electrons. The molecule has 8 heteroatoms. The van der Waals surface area contributed by atoms with Gasteiger partial charge in [-0.3, -0.25) is 4.79 Å². The fourth-order valence-electron chi connectivity index (χ4n) is 8.85. The first kappa shape index (κ1) is 21.8. The van der Waals surface area contributed by atoms with Crippen LogP contribution < -0.4 is 0 Å². The van der Waals surface area contributed by atoms with Crippen LogP contribution in [0.5, 0.6) is 0 Å². The van der Waals surface area contributed by atoms with Gasteiger partial charge in [0.05, 0.1) is 17.6 Å². The maximum Gasteiger partial charge on any atom is 0.302 e. The maximum absolute atomic E-state index is 12.1. The minimum atomic E-state index is -2.30. The topological polar surface area (TPSA) is 126 Å². The number of carbonyl (C=O) groups is 1. The fourth-order valence-corrected chi connectivity index (χ4v) is 8.85. The van der Waals surface area contributed by atoms with Crippen LogP contribution in [0.15, 0.2) is 12.2 Å². The summed E-state index contributed by atoms with van der Waals surface area (Å²) in [4.78, 5) is 12.1. The third-order valence-corrected chi connectivity index (χ3v) is 9.55. The molecule has 6 aliphatic rings. The van der Waals surface area contributed by atoms with Crippen molar-refractivity contribution in [3.05, 3.63) is 12.2 Å². The van der Waals surface area contributed by atoms with Crippen LogP contribution in [0, 0.1) is 34.0 Å². The Kier molecular flexibility index (Phi) is 4.43. The highest BCUT2D eigenvalue weighted by Gasteiger charge is 2.89. The van der Waals surface area contributed by atoms with E-state index in [9.17, 15) is 25.2 Å². The average molecular weight is 439 g/mol. The van der Waals surface area contributed by atoms with Crippen molar-refractivity contribution in [2.24, 2.45) is 34.0 Å². The number of hydrogen-bond donors (Lipinski definition) is 4. The summed E-state index contributed by atoms with van der Waals surface area (Å²) < 4.78 is 17.7. The van der Waals surface area contributed by atoms with E-state index in [1.807, 2.05) is 0 Å². The van der Waals surface area contributed by atoms with Gasteiger partial charge in [0, 0.05) is 37.2 Å². The van der Waals surface area contributed by atoms with Gasteiger partial charge in [0.15, 0.2) is 6.29 Å². The van der Waals surface area contributed by atoms with Gasteiger partial charge >= 0.3 is 5.97 Å². The minimum Gasteiger partial charge on any atom is -0.462 e. The van der Waals surface area contributed by atoms with E-state index in [-0.39, 0.29) is 5.41 Å². The molecule has 0 amide bonds. The Balaban J connectivity index is 1.83. The molecule has 0 unspecified atom stereocenters. The normalized spacial score (nSPS) is 56.7. The quantitative estimate of drug-likeness (QED) is 0.367. The molecule has 0 aromatic heterocycles. The predicted molar refractivity (Wildman–Crippen MR) is 107 cm³/mol. The molecule has 174 valence electrons. The molecule has 11 atom stereocenters. The molecular formula is C23H34O8. The SMILES string of the molecule is C=C1[C@@H](O)[C@]23[C@H](O)[C@H]1C[C@H](OC(C)=O)[C@H]2[C@]12CCCC(C)(C)[C@H]1[C@H](O)[C@@]3(O)O[C@@H]2OC. The molecule has 4 saturated carbocycles. The smallest absolute Gasteiger partial charge is 0.302 e. The van der Waals surface area contributed by atoms with Crippen molar-refractivity contribution < 1.29 is 39.4 Å². The zero-order valence-electron chi connectivity index (χ0n) is 18.6. The van der Waals surface area contributed by atoms with Crippen molar-refractivity contribution in [3.8, 4) is 0 Å². The lowest BCUT2D eigenvalue weighted by Gasteiger charge is -2.76. The lowest BCUT2D eigenvalue weighted by molar-refractivity contribution is -0.521. The Labute approximate surface area is 182 Å². The van der Waals surface area contributed by atoms with Crippen molar-refractivity contribution in [2.45, 2.75) is 82.9 Å². The Morgan fingerprint density at radius 3 is 2.45 bits per heavy atom. The number of aliphatic hydroxyl groups excluding tert-OH is 3. The Morgan fingerprint density at radius 1 is 1.16 bits per heavy atom. The lowest BCUT2D eigenvalue weighted by Crippen LogP contribution is -2.88. The number of esters is 1. The molecule has 2 aliphatic heterocycles. The molecule has 31 heavy (non-hydrogen) atoms. The molecule has 4 bridgehead atoms. The van der Waals surface area contributed by atoms with E-state index in [0.717, 1.165) is 12.8 Å². The van der Waals surface area contributed by atoms with Crippen LogP contribution >= 0.6 is 0 Å². The number of carbonyl (C=O) groups excluding carboxylic acids is 1. The van der Waals surface area contributed by atoms with Gasteiger partial charge in [0.25, 0.3) is 0 Å². The summed E-state index contributed by atoms with van der Waals surface area (Å²) in [6.07, 6.45) is -2.92. The van der Waals surface area contributed by atoms with E-state index in [1.165, 1.54) is 14.0 Å². The Hall–Kier alpha value is -1.03. The van der Waals surface area contributed by atoms with Crippen molar-refractivity contribution in [1.29, 1.82) is 0 Å². The van der Waals surface area contributed by atoms with Crippen LogP contribution in [0.2, 0.25) is 0 Å². The molecule has 4 N–H and O–H groups in total. The molecular weight excluding hydrogens is 404 g/mol. The predicted octanol–water partition coefficient (Wildman–Crippen LogP) is 0.711. The second kappa shape index (κ2) is 6.30. The molecule has 6 fully saturated rings. The lowest BCUT2D eigenvalue weighted by atomic mass is 9.35. The Bertz CT molecular complexity index is 826. The van der Waals surface area contributed by atoms with Crippen molar-refractivity contribution in [2.75, 3.05) is 7.11 Å².